The van der Waals surface area contributed by atoms with Gasteiger partial charge >= 0.3 is 6.18 Å². The lowest BCUT2D eigenvalue weighted by Crippen LogP contribution is -2.18. The lowest BCUT2D eigenvalue weighted by atomic mass is 10.3. The van der Waals surface area contributed by atoms with Gasteiger partial charge in [0.05, 0.1) is 0 Å². The lowest BCUT2D eigenvalue weighted by Gasteiger charge is -2.00. The van der Waals surface area contributed by atoms with Crippen molar-refractivity contribution in [1.29, 1.82) is 0 Å². The van der Waals surface area contributed by atoms with Gasteiger partial charge in [-0.05, 0) is 12.1 Å². The fraction of sp³-hybridized carbons (Fsp3) is 0.143. The second kappa shape index (κ2) is 2.92. The van der Waals surface area contributed by atoms with E-state index in [1.165, 1.54) is 6.07 Å². The van der Waals surface area contributed by atoms with E-state index in [0.717, 1.165) is 12.3 Å². The van der Waals surface area contributed by atoms with E-state index in [9.17, 15) is 18.0 Å². The second-order valence-corrected chi connectivity index (χ2v) is 2.05. The van der Waals surface area contributed by atoms with Crippen LogP contribution >= 0.6 is 0 Å². The molecule has 0 radical (unpaired) electrons. The van der Waals surface area contributed by atoms with E-state index in [4.69, 9.17) is 0 Å². The summed E-state index contributed by atoms with van der Waals surface area (Å²) in [5, 5.41) is 0. The highest BCUT2D eigenvalue weighted by Gasteiger charge is 2.33. The minimum absolute atomic E-state index is 0.704. The Morgan fingerprint density at radius 2 is 1.92 bits per heavy atom. The van der Waals surface area contributed by atoms with Crippen LogP contribution in [0.25, 0.3) is 0 Å². The molecule has 0 aliphatic rings. The maximum absolute atomic E-state index is 12.0. The maximum atomic E-state index is 12.0. The number of alkyl halides is 3. The largest absolute Gasteiger partial charge is 0.421 e. The summed E-state index contributed by atoms with van der Waals surface area (Å²) < 4.78 is 35.9. The SMILES string of the molecule is O=c1nccccc1C(F)(F)F. The number of rotatable bonds is 0. The molecule has 1 aromatic rings. The van der Waals surface area contributed by atoms with Gasteiger partial charge in [0.15, 0.2) is 0 Å². The summed E-state index contributed by atoms with van der Waals surface area (Å²) in [4.78, 5) is 13.7. The molecule has 0 atom stereocenters. The molecule has 12 heavy (non-hydrogen) atoms. The number of nitrogens with zero attached hydrogens (tertiary/aromatic N) is 1. The van der Waals surface area contributed by atoms with Gasteiger partial charge in [0.2, 0.25) is 0 Å². The van der Waals surface area contributed by atoms with Crippen molar-refractivity contribution < 1.29 is 13.2 Å². The Morgan fingerprint density at radius 1 is 1.25 bits per heavy atom. The van der Waals surface area contributed by atoms with Gasteiger partial charge in [0.1, 0.15) is 5.56 Å². The van der Waals surface area contributed by atoms with Crippen molar-refractivity contribution in [3.63, 3.8) is 0 Å². The predicted octanol–water partition coefficient (Wildman–Crippen LogP) is 1.46. The highest BCUT2D eigenvalue weighted by molar-refractivity contribution is 5.12. The molecule has 0 unspecified atom stereocenters. The number of halogens is 3. The third-order valence-electron chi connectivity index (χ3n) is 1.19. The van der Waals surface area contributed by atoms with Crippen molar-refractivity contribution in [2.24, 2.45) is 0 Å². The van der Waals surface area contributed by atoms with Crippen LogP contribution in [0.5, 0.6) is 0 Å². The summed E-state index contributed by atoms with van der Waals surface area (Å²) in [6.45, 7) is 0. The van der Waals surface area contributed by atoms with Crippen LogP contribution in [0, 0.1) is 0 Å². The maximum Gasteiger partial charge on any atom is 0.421 e. The number of aromatic nitrogens is 1. The van der Waals surface area contributed by atoms with Crippen LogP contribution in [-0.4, -0.2) is 4.98 Å². The third kappa shape index (κ3) is 1.81. The van der Waals surface area contributed by atoms with Crippen LogP contribution < -0.4 is 5.56 Å². The van der Waals surface area contributed by atoms with Crippen molar-refractivity contribution in [1.82, 2.24) is 4.98 Å². The molecule has 2 nitrogen and oxygen atoms in total. The van der Waals surface area contributed by atoms with Gasteiger partial charge in [-0.25, -0.2) is 4.98 Å². The van der Waals surface area contributed by atoms with E-state index in [0.29, 0.717) is 6.07 Å². The van der Waals surface area contributed by atoms with Crippen LogP contribution in [-0.2, 0) is 6.18 Å². The molecule has 0 saturated carbocycles. The Kier molecular flexibility index (Phi) is 2.12. The first-order chi connectivity index (χ1) is 5.52. The van der Waals surface area contributed by atoms with Gasteiger partial charge in [-0.2, -0.15) is 13.2 Å². The van der Waals surface area contributed by atoms with Gasteiger partial charge in [-0.15, -0.1) is 0 Å². The van der Waals surface area contributed by atoms with Gasteiger partial charge in [0.25, 0.3) is 5.56 Å². The molecule has 0 saturated heterocycles. The van der Waals surface area contributed by atoms with Gasteiger partial charge < -0.3 is 0 Å². The van der Waals surface area contributed by atoms with E-state index in [2.05, 4.69) is 4.98 Å². The van der Waals surface area contributed by atoms with Gasteiger partial charge in [-0.1, -0.05) is 6.07 Å². The highest BCUT2D eigenvalue weighted by atomic mass is 19.4. The van der Waals surface area contributed by atoms with Crippen molar-refractivity contribution in [2.75, 3.05) is 0 Å². The topological polar surface area (TPSA) is 30.0 Å². The molecule has 1 aromatic heterocycles. The molecule has 0 amide bonds. The molecule has 0 fully saturated rings. The second-order valence-electron chi connectivity index (χ2n) is 2.05. The summed E-state index contributed by atoms with van der Waals surface area (Å²) in [5.41, 5.74) is -2.50. The van der Waals surface area contributed by atoms with E-state index in [1.807, 2.05) is 0 Å². The molecule has 0 N–H and O–H groups in total. The van der Waals surface area contributed by atoms with E-state index in [1.54, 1.807) is 0 Å². The smallest absolute Gasteiger partial charge is 0.267 e. The molecule has 1 heterocycles. The van der Waals surface area contributed by atoms with Gasteiger partial charge in [0, 0.05) is 6.20 Å². The minimum atomic E-state index is -4.62. The van der Waals surface area contributed by atoms with Crippen molar-refractivity contribution in [3.05, 3.63) is 40.3 Å². The molecule has 64 valence electrons. The number of hydrogen-bond acceptors (Lipinski definition) is 2. The average molecular weight is 175 g/mol. The summed E-state index contributed by atoms with van der Waals surface area (Å²) in [6, 6.07) is 3.09. The first-order valence-electron chi connectivity index (χ1n) is 3.04. The fourth-order valence-electron chi connectivity index (χ4n) is 0.669. The molecular formula is C7H4F3NO. The Hall–Kier alpha value is -1.39. The zero-order chi connectivity index (χ0) is 9.19. The molecule has 0 bridgehead atoms. The Balaban J connectivity index is 3.38. The molecule has 0 aromatic carbocycles. The zero-order valence-corrected chi connectivity index (χ0v) is 5.80. The van der Waals surface area contributed by atoms with E-state index in [-0.39, 0.29) is 0 Å². The van der Waals surface area contributed by atoms with Crippen molar-refractivity contribution in [2.45, 2.75) is 6.18 Å². The third-order valence-corrected chi connectivity index (χ3v) is 1.19. The van der Waals surface area contributed by atoms with Gasteiger partial charge in [-0.3, -0.25) is 4.79 Å². The summed E-state index contributed by atoms with van der Waals surface area (Å²) in [5.74, 6) is 0. The van der Waals surface area contributed by atoms with E-state index >= 15 is 0 Å². The molecule has 0 aliphatic carbocycles. The Labute approximate surface area is 65.7 Å². The summed E-state index contributed by atoms with van der Waals surface area (Å²) in [6.07, 6.45) is -3.60. The first-order valence-corrected chi connectivity index (χ1v) is 3.04. The Bertz CT molecular complexity index is 334. The van der Waals surface area contributed by atoms with Crippen LogP contribution in [0.1, 0.15) is 5.56 Å². The standard InChI is InChI=1S/C7H4F3NO/c8-7(9,10)5-3-1-2-4-11-6(5)12/h1-4H. The molecule has 5 heteroatoms. The van der Waals surface area contributed by atoms with Crippen LogP contribution in [0.3, 0.4) is 0 Å². The normalized spacial score (nSPS) is 11.2. The van der Waals surface area contributed by atoms with Crippen LogP contribution in [0.4, 0.5) is 13.2 Å². The zero-order valence-electron chi connectivity index (χ0n) is 5.80. The monoisotopic (exact) mass is 175 g/mol. The summed E-state index contributed by atoms with van der Waals surface area (Å²) >= 11 is 0. The van der Waals surface area contributed by atoms with Crippen LogP contribution in [0.15, 0.2) is 29.2 Å². The Morgan fingerprint density at radius 3 is 2.50 bits per heavy atom. The fourth-order valence-corrected chi connectivity index (χ4v) is 0.669. The minimum Gasteiger partial charge on any atom is -0.267 e. The molecular weight excluding hydrogens is 171 g/mol. The number of hydrogen-bond donors (Lipinski definition) is 0. The average Bonchev–Trinajstić information content (AvgIpc) is 2.11. The summed E-state index contributed by atoms with van der Waals surface area (Å²) in [7, 11) is 0. The first kappa shape index (κ1) is 8.70. The lowest BCUT2D eigenvalue weighted by molar-refractivity contribution is -0.138. The molecule has 0 aliphatic heterocycles. The molecule has 1 rings (SSSR count). The van der Waals surface area contributed by atoms with E-state index < -0.39 is 17.3 Å². The van der Waals surface area contributed by atoms with Crippen molar-refractivity contribution >= 4 is 0 Å². The quantitative estimate of drug-likeness (QED) is 0.597. The molecule has 0 spiro atoms. The van der Waals surface area contributed by atoms with Crippen LogP contribution in [0.2, 0.25) is 0 Å². The predicted molar refractivity (Wildman–Crippen MR) is 35.5 cm³/mol. The highest BCUT2D eigenvalue weighted by Crippen LogP contribution is 2.25. The van der Waals surface area contributed by atoms with Crippen molar-refractivity contribution in [3.8, 4) is 0 Å².